The summed E-state index contributed by atoms with van der Waals surface area (Å²) in [5.74, 6) is 3.64. The predicted molar refractivity (Wildman–Crippen MR) is 92.2 cm³/mol. The number of hydrogen-bond acceptors (Lipinski definition) is 3. The van der Waals surface area contributed by atoms with Gasteiger partial charge in [-0.2, -0.15) is 0 Å². The van der Waals surface area contributed by atoms with E-state index >= 15 is 0 Å². The van der Waals surface area contributed by atoms with Gasteiger partial charge in [-0.25, -0.2) is 0 Å². The maximum Gasteiger partial charge on any atom is 0.302 e. The molecule has 3 nitrogen and oxygen atoms in total. The predicted octanol–water partition coefficient (Wildman–Crippen LogP) is 4.31. The smallest absolute Gasteiger partial charge is 0.302 e. The van der Waals surface area contributed by atoms with Crippen molar-refractivity contribution in [3.05, 3.63) is 11.6 Å². The molecule has 3 heteroatoms. The molecule has 0 amide bonds. The first-order valence-corrected chi connectivity index (χ1v) is 9.80. The van der Waals surface area contributed by atoms with Crippen LogP contribution in [0.25, 0.3) is 0 Å². The minimum atomic E-state index is -0.128. The molecule has 0 saturated heterocycles. The van der Waals surface area contributed by atoms with Crippen LogP contribution in [0.5, 0.6) is 0 Å². The average molecular weight is 330 g/mol. The van der Waals surface area contributed by atoms with Crippen molar-refractivity contribution in [2.45, 2.75) is 71.8 Å². The van der Waals surface area contributed by atoms with Crippen LogP contribution < -0.4 is 0 Å². The Balaban J connectivity index is 1.62. The normalized spacial score (nSPS) is 47.3. The van der Waals surface area contributed by atoms with Crippen LogP contribution in [0.2, 0.25) is 0 Å². The fourth-order valence-corrected chi connectivity index (χ4v) is 6.93. The number of hydrogen-bond donors (Lipinski definition) is 0. The summed E-state index contributed by atoms with van der Waals surface area (Å²) in [7, 11) is 0. The summed E-state index contributed by atoms with van der Waals surface area (Å²) in [6, 6.07) is 0. The van der Waals surface area contributed by atoms with E-state index in [0.29, 0.717) is 23.5 Å². The van der Waals surface area contributed by atoms with Gasteiger partial charge in [0.05, 0.1) is 0 Å². The van der Waals surface area contributed by atoms with Crippen LogP contribution >= 0.6 is 0 Å². The van der Waals surface area contributed by atoms with E-state index < -0.39 is 0 Å². The fourth-order valence-electron chi connectivity index (χ4n) is 6.93. The van der Waals surface area contributed by atoms with E-state index in [9.17, 15) is 9.59 Å². The minimum absolute atomic E-state index is 0.109. The van der Waals surface area contributed by atoms with Crippen molar-refractivity contribution in [3.8, 4) is 0 Å². The Labute approximate surface area is 145 Å². The van der Waals surface area contributed by atoms with E-state index in [1.807, 2.05) is 6.08 Å². The Morgan fingerprint density at radius 1 is 1.25 bits per heavy atom. The van der Waals surface area contributed by atoms with E-state index in [1.165, 1.54) is 24.8 Å². The van der Waals surface area contributed by atoms with Gasteiger partial charge in [0, 0.05) is 18.8 Å². The molecule has 0 spiro atoms. The summed E-state index contributed by atoms with van der Waals surface area (Å²) in [6.07, 6.45) is 9.62. The lowest BCUT2D eigenvalue weighted by Crippen LogP contribution is -2.50. The molecule has 132 valence electrons. The topological polar surface area (TPSA) is 43.4 Å². The van der Waals surface area contributed by atoms with Gasteiger partial charge < -0.3 is 4.74 Å². The van der Waals surface area contributed by atoms with Crippen molar-refractivity contribution in [2.24, 2.45) is 35.0 Å². The van der Waals surface area contributed by atoms with Gasteiger partial charge in [-0.1, -0.05) is 19.4 Å². The van der Waals surface area contributed by atoms with Gasteiger partial charge in [-0.3, -0.25) is 9.59 Å². The Hall–Kier alpha value is -1.12. The zero-order valence-electron chi connectivity index (χ0n) is 15.2. The molecule has 0 radical (unpaired) electrons. The van der Waals surface area contributed by atoms with E-state index in [2.05, 4.69) is 13.8 Å². The highest BCUT2D eigenvalue weighted by atomic mass is 16.5. The molecule has 0 aliphatic heterocycles. The van der Waals surface area contributed by atoms with E-state index in [4.69, 9.17) is 4.74 Å². The first-order valence-electron chi connectivity index (χ1n) is 9.80. The standard InChI is InChI=1S/C21H30O3/c1-12-10-14-11-15(23)4-5-16(14)17-8-9-21(3)18(20(12)17)6-7-19(21)24-13(2)22/h11-12,16-20H,4-10H2,1-3H3/t12-,16?,17?,18?,19-,20?,21?/m0/s1. The van der Waals surface area contributed by atoms with Crippen LogP contribution in [-0.2, 0) is 14.3 Å². The number of carbonyl (C=O) groups is 2. The average Bonchev–Trinajstić information content (AvgIpc) is 2.83. The van der Waals surface area contributed by atoms with Crippen molar-refractivity contribution < 1.29 is 14.3 Å². The monoisotopic (exact) mass is 330 g/mol. The summed E-state index contributed by atoms with van der Waals surface area (Å²) in [5.41, 5.74) is 1.60. The molecule has 0 aromatic rings. The number of fused-ring (bicyclic) bond motifs is 5. The van der Waals surface area contributed by atoms with Crippen molar-refractivity contribution >= 4 is 11.8 Å². The molecule has 3 fully saturated rings. The highest BCUT2D eigenvalue weighted by Crippen LogP contribution is 2.63. The number of esters is 1. The Morgan fingerprint density at radius 3 is 2.79 bits per heavy atom. The highest BCUT2D eigenvalue weighted by Gasteiger charge is 2.58. The second-order valence-corrected chi connectivity index (χ2v) is 9.08. The van der Waals surface area contributed by atoms with Gasteiger partial charge in [0.1, 0.15) is 6.10 Å². The Morgan fingerprint density at radius 2 is 2.04 bits per heavy atom. The van der Waals surface area contributed by atoms with Crippen LogP contribution in [0.4, 0.5) is 0 Å². The zero-order valence-corrected chi connectivity index (χ0v) is 15.2. The van der Waals surface area contributed by atoms with E-state index in [1.54, 1.807) is 6.92 Å². The quantitative estimate of drug-likeness (QED) is 0.673. The van der Waals surface area contributed by atoms with Crippen LogP contribution in [0.3, 0.4) is 0 Å². The summed E-state index contributed by atoms with van der Waals surface area (Å²) in [4.78, 5) is 23.4. The molecule has 0 bridgehead atoms. The molecule has 24 heavy (non-hydrogen) atoms. The van der Waals surface area contributed by atoms with Crippen molar-refractivity contribution in [1.29, 1.82) is 0 Å². The molecule has 4 rings (SSSR count). The number of rotatable bonds is 1. The molecular formula is C21H30O3. The fraction of sp³-hybridized carbons (Fsp3) is 0.810. The molecule has 3 saturated carbocycles. The lowest BCUT2D eigenvalue weighted by molar-refractivity contribution is -0.157. The molecule has 0 aromatic carbocycles. The molecule has 4 aliphatic rings. The SMILES string of the molecule is CC(=O)O[C@H]1CCC2C3C(CCC21C)C1CCC(=O)C=C1C[C@@H]3C. The Bertz CT molecular complexity index is 592. The summed E-state index contributed by atoms with van der Waals surface area (Å²) < 4.78 is 5.72. The maximum absolute atomic E-state index is 11.8. The van der Waals surface area contributed by atoms with E-state index in [0.717, 1.165) is 37.5 Å². The lowest BCUT2D eigenvalue weighted by atomic mass is 9.49. The summed E-state index contributed by atoms with van der Waals surface area (Å²) in [5, 5.41) is 0. The van der Waals surface area contributed by atoms with Crippen molar-refractivity contribution in [1.82, 2.24) is 0 Å². The molecule has 7 atom stereocenters. The van der Waals surface area contributed by atoms with Crippen LogP contribution in [0.1, 0.15) is 65.7 Å². The number of ketones is 1. The molecule has 0 heterocycles. The second-order valence-electron chi connectivity index (χ2n) is 9.08. The van der Waals surface area contributed by atoms with Crippen LogP contribution in [-0.4, -0.2) is 17.9 Å². The maximum atomic E-state index is 11.8. The third kappa shape index (κ3) is 2.38. The van der Waals surface area contributed by atoms with E-state index in [-0.39, 0.29) is 17.5 Å². The van der Waals surface area contributed by atoms with Gasteiger partial charge in [0.15, 0.2) is 5.78 Å². The first-order chi connectivity index (χ1) is 11.4. The van der Waals surface area contributed by atoms with Crippen LogP contribution in [0, 0.1) is 35.0 Å². The molecule has 5 unspecified atom stereocenters. The number of carbonyl (C=O) groups excluding carboxylic acids is 2. The summed E-state index contributed by atoms with van der Waals surface area (Å²) >= 11 is 0. The second kappa shape index (κ2) is 5.71. The molecule has 0 aromatic heterocycles. The van der Waals surface area contributed by atoms with Gasteiger partial charge in [-0.05, 0) is 74.2 Å². The number of ether oxygens (including phenoxy) is 1. The first kappa shape index (κ1) is 16.4. The third-order valence-electron chi connectivity index (χ3n) is 7.86. The van der Waals surface area contributed by atoms with Gasteiger partial charge >= 0.3 is 5.97 Å². The molecule has 4 aliphatic carbocycles. The van der Waals surface area contributed by atoms with Crippen LogP contribution in [0.15, 0.2) is 11.6 Å². The summed E-state index contributed by atoms with van der Waals surface area (Å²) in [6.45, 7) is 6.30. The largest absolute Gasteiger partial charge is 0.462 e. The van der Waals surface area contributed by atoms with Gasteiger partial charge in [0.2, 0.25) is 0 Å². The molecular weight excluding hydrogens is 300 g/mol. The van der Waals surface area contributed by atoms with Gasteiger partial charge in [-0.15, -0.1) is 0 Å². The van der Waals surface area contributed by atoms with Crippen molar-refractivity contribution in [3.63, 3.8) is 0 Å². The van der Waals surface area contributed by atoms with Gasteiger partial charge in [0.25, 0.3) is 0 Å². The Kier molecular flexibility index (Phi) is 3.89. The minimum Gasteiger partial charge on any atom is -0.462 e. The lowest BCUT2D eigenvalue weighted by Gasteiger charge is -2.55. The highest BCUT2D eigenvalue weighted by molar-refractivity contribution is 5.91. The third-order valence-corrected chi connectivity index (χ3v) is 7.86. The van der Waals surface area contributed by atoms with Crippen molar-refractivity contribution in [2.75, 3.05) is 0 Å². The molecule has 0 N–H and O–H groups in total. The number of allylic oxidation sites excluding steroid dienone is 1. The zero-order chi connectivity index (χ0) is 17.1.